The highest BCUT2D eigenvalue weighted by molar-refractivity contribution is 4.78. The van der Waals surface area contributed by atoms with Crippen LogP contribution in [-0.2, 0) is 4.74 Å². The smallest absolute Gasteiger partial charge is 0.0613 e. The van der Waals surface area contributed by atoms with Crippen molar-refractivity contribution < 1.29 is 4.74 Å². The zero-order valence-corrected chi connectivity index (χ0v) is 10.0. The Balaban J connectivity index is 2.23. The highest BCUT2D eigenvalue weighted by Crippen LogP contribution is 2.22. The molecule has 0 bridgehead atoms. The second-order valence-corrected chi connectivity index (χ2v) is 4.81. The van der Waals surface area contributed by atoms with Crippen molar-refractivity contribution in [2.24, 2.45) is 11.8 Å². The lowest BCUT2D eigenvalue weighted by Gasteiger charge is -2.22. The summed E-state index contributed by atoms with van der Waals surface area (Å²) in [5.74, 6) is 1.46. The summed E-state index contributed by atoms with van der Waals surface area (Å²) in [6, 6.07) is 0.619. The molecule has 1 aliphatic rings. The molecule has 0 aromatic heterocycles. The van der Waals surface area contributed by atoms with Crippen molar-refractivity contribution >= 4 is 0 Å². The molecule has 0 amide bonds. The minimum Gasteiger partial charge on any atom is -0.378 e. The van der Waals surface area contributed by atoms with Gasteiger partial charge >= 0.3 is 0 Å². The van der Waals surface area contributed by atoms with E-state index in [9.17, 15) is 0 Å². The fourth-order valence-corrected chi connectivity index (χ4v) is 1.95. The summed E-state index contributed by atoms with van der Waals surface area (Å²) in [6.45, 7) is 11.1. The predicted octanol–water partition coefficient (Wildman–Crippen LogP) is 2.44. The Morgan fingerprint density at radius 2 is 2.07 bits per heavy atom. The van der Waals surface area contributed by atoms with Gasteiger partial charge in [0, 0.05) is 19.2 Å². The van der Waals surface area contributed by atoms with Crippen molar-refractivity contribution in [2.45, 2.75) is 52.7 Å². The number of hydrogen-bond donors (Lipinski definition) is 1. The van der Waals surface area contributed by atoms with E-state index in [1.807, 2.05) is 0 Å². The van der Waals surface area contributed by atoms with Crippen LogP contribution in [0.3, 0.4) is 0 Å². The minimum atomic E-state index is 0.502. The van der Waals surface area contributed by atoms with E-state index < -0.39 is 0 Å². The van der Waals surface area contributed by atoms with Crippen LogP contribution in [0.4, 0.5) is 0 Å². The van der Waals surface area contributed by atoms with Crippen molar-refractivity contribution in [3.05, 3.63) is 0 Å². The van der Waals surface area contributed by atoms with Crippen molar-refractivity contribution in [3.8, 4) is 0 Å². The first-order valence-corrected chi connectivity index (χ1v) is 6.00. The average molecular weight is 199 g/mol. The van der Waals surface area contributed by atoms with E-state index in [1.165, 1.54) is 6.42 Å². The summed E-state index contributed by atoms with van der Waals surface area (Å²) in [5, 5.41) is 3.61. The molecule has 1 rings (SSSR count). The molecular weight excluding hydrogens is 174 g/mol. The molecule has 1 fully saturated rings. The third-order valence-corrected chi connectivity index (χ3v) is 3.45. The van der Waals surface area contributed by atoms with E-state index in [2.05, 4.69) is 33.0 Å². The van der Waals surface area contributed by atoms with Crippen LogP contribution in [0.15, 0.2) is 0 Å². The molecule has 0 radical (unpaired) electrons. The van der Waals surface area contributed by atoms with Gasteiger partial charge in [-0.2, -0.15) is 0 Å². The number of rotatable bonds is 5. The highest BCUT2D eigenvalue weighted by atomic mass is 16.5. The maximum Gasteiger partial charge on any atom is 0.0613 e. The Morgan fingerprint density at radius 1 is 1.36 bits per heavy atom. The third kappa shape index (κ3) is 3.25. The van der Waals surface area contributed by atoms with Gasteiger partial charge in [-0.25, -0.2) is 0 Å². The molecule has 14 heavy (non-hydrogen) atoms. The molecule has 1 aliphatic heterocycles. The largest absolute Gasteiger partial charge is 0.378 e. The summed E-state index contributed by atoms with van der Waals surface area (Å²) < 4.78 is 5.67. The Bertz CT molecular complexity index is 158. The van der Waals surface area contributed by atoms with Crippen molar-refractivity contribution in [2.75, 3.05) is 13.2 Å². The zero-order chi connectivity index (χ0) is 10.6. The maximum absolute atomic E-state index is 5.67. The van der Waals surface area contributed by atoms with Crippen molar-refractivity contribution in [1.82, 2.24) is 5.32 Å². The molecule has 84 valence electrons. The first-order valence-electron chi connectivity index (χ1n) is 6.00. The lowest BCUT2D eigenvalue weighted by molar-refractivity contribution is 0.0863. The fourth-order valence-electron chi connectivity index (χ4n) is 1.95. The van der Waals surface area contributed by atoms with Crippen LogP contribution in [0, 0.1) is 11.8 Å². The van der Waals surface area contributed by atoms with Gasteiger partial charge < -0.3 is 10.1 Å². The van der Waals surface area contributed by atoms with Gasteiger partial charge in [0.25, 0.3) is 0 Å². The van der Waals surface area contributed by atoms with Gasteiger partial charge in [-0.3, -0.25) is 0 Å². The molecule has 1 heterocycles. The van der Waals surface area contributed by atoms with E-state index in [0.717, 1.165) is 31.4 Å². The van der Waals surface area contributed by atoms with Crippen LogP contribution in [0.5, 0.6) is 0 Å². The van der Waals surface area contributed by atoms with Crippen LogP contribution < -0.4 is 5.32 Å². The molecule has 0 aromatic carbocycles. The van der Waals surface area contributed by atoms with E-state index >= 15 is 0 Å². The van der Waals surface area contributed by atoms with Gasteiger partial charge in [0.2, 0.25) is 0 Å². The molecule has 1 N–H and O–H groups in total. The van der Waals surface area contributed by atoms with E-state index in [-0.39, 0.29) is 0 Å². The lowest BCUT2D eigenvalue weighted by Crippen LogP contribution is -2.36. The SMILES string of the molecule is CCC1OCCC1CNC(C)C(C)C. The zero-order valence-electron chi connectivity index (χ0n) is 10.0. The first-order chi connectivity index (χ1) is 6.65. The van der Waals surface area contributed by atoms with Crippen molar-refractivity contribution in [3.63, 3.8) is 0 Å². The summed E-state index contributed by atoms with van der Waals surface area (Å²) in [7, 11) is 0. The minimum absolute atomic E-state index is 0.502. The number of nitrogens with one attached hydrogen (secondary N) is 1. The summed E-state index contributed by atoms with van der Waals surface area (Å²) >= 11 is 0. The van der Waals surface area contributed by atoms with Gasteiger partial charge in [0.1, 0.15) is 0 Å². The van der Waals surface area contributed by atoms with Crippen LogP contribution in [0.2, 0.25) is 0 Å². The monoisotopic (exact) mass is 199 g/mol. The molecule has 3 atom stereocenters. The van der Waals surface area contributed by atoms with Gasteiger partial charge in [-0.15, -0.1) is 0 Å². The summed E-state index contributed by atoms with van der Waals surface area (Å²) in [4.78, 5) is 0. The van der Waals surface area contributed by atoms with E-state index in [0.29, 0.717) is 12.1 Å². The Hall–Kier alpha value is -0.0800. The molecular formula is C12H25NO. The topological polar surface area (TPSA) is 21.3 Å². The molecule has 3 unspecified atom stereocenters. The fraction of sp³-hybridized carbons (Fsp3) is 1.00. The molecule has 0 aliphatic carbocycles. The standard InChI is InChI=1S/C12H25NO/c1-5-12-11(6-7-14-12)8-13-10(4)9(2)3/h9-13H,5-8H2,1-4H3. The average Bonchev–Trinajstić information content (AvgIpc) is 2.60. The molecule has 2 nitrogen and oxygen atoms in total. The molecule has 0 saturated carbocycles. The summed E-state index contributed by atoms with van der Waals surface area (Å²) in [5.41, 5.74) is 0. The Morgan fingerprint density at radius 3 is 2.64 bits per heavy atom. The Kier molecular flexibility index (Phi) is 4.90. The van der Waals surface area contributed by atoms with E-state index in [1.54, 1.807) is 0 Å². The van der Waals surface area contributed by atoms with E-state index in [4.69, 9.17) is 4.74 Å². The third-order valence-electron chi connectivity index (χ3n) is 3.45. The molecule has 0 aromatic rings. The van der Waals surface area contributed by atoms with Crippen LogP contribution >= 0.6 is 0 Å². The molecule has 1 saturated heterocycles. The van der Waals surface area contributed by atoms with Gasteiger partial charge in [0.05, 0.1) is 6.10 Å². The highest BCUT2D eigenvalue weighted by Gasteiger charge is 2.26. The predicted molar refractivity (Wildman–Crippen MR) is 60.4 cm³/mol. The van der Waals surface area contributed by atoms with Gasteiger partial charge in [0.15, 0.2) is 0 Å². The maximum atomic E-state index is 5.67. The number of hydrogen-bond acceptors (Lipinski definition) is 2. The quantitative estimate of drug-likeness (QED) is 0.734. The van der Waals surface area contributed by atoms with Crippen LogP contribution in [0.25, 0.3) is 0 Å². The number of ether oxygens (including phenoxy) is 1. The van der Waals surface area contributed by atoms with Crippen molar-refractivity contribution in [1.29, 1.82) is 0 Å². The lowest BCUT2D eigenvalue weighted by atomic mass is 9.98. The summed E-state index contributed by atoms with van der Waals surface area (Å²) in [6.07, 6.45) is 2.89. The second kappa shape index (κ2) is 5.72. The Labute approximate surface area is 88.4 Å². The van der Waals surface area contributed by atoms with Gasteiger partial charge in [-0.05, 0) is 31.6 Å². The normalized spacial score (nSPS) is 29.8. The second-order valence-electron chi connectivity index (χ2n) is 4.81. The molecule has 2 heteroatoms. The van der Waals surface area contributed by atoms with Crippen LogP contribution in [0.1, 0.15) is 40.5 Å². The van der Waals surface area contributed by atoms with Gasteiger partial charge in [-0.1, -0.05) is 20.8 Å². The molecule has 0 spiro atoms. The first kappa shape index (κ1) is 12.0. The van der Waals surface area contributed by atoms with Crippen LogP contribution in [-0.4, -0.2) is 25.3 Å².